The molecule has 1 rings (SSSR count). The molecule has 0 saturated carbocycles. The molecule has 1 aromatic rings. The van der Waals surface area contributed by atoms with Gasteiger partial charge in [0.2, 0.25) is 5.91 Å². The van der Waals surface area contributed by atoms with Crippen LogP contribution in [0.3, 0.4) is 0 Å². The van der Waals surface area contributed by atoms with Crippen molar-refractivity contribution in [2.75, 3.05) is 0 Å². The van der Waals surface area contributed by atoms with Gasteiger partial charge in [-0.15, -0.1) is 0 Å². The number of carbonyl (C=O) groups excluding carboxylic acids is 1. The minimum atomic E-state index is -0.700. The van der Waals surface area contributed by atoms with Crippen molar-refractivity contribution < 1.29 is 4.79 Å². The van der Waals surface area contributed by atoms with Gasteiger partial charge in [-0.25, -0.2) is 0 Å². The van der Waals surface area contributed by atoms with Gasteiger partial charge in [-0.2, -0.15) is 5.10 Å². The number of aryl methyl sites for hydroxylation is 2. The Morgan fingerprint density at radius 2 is 2.00 bits per heavy atom. The fraction of sp³-hybridized carbons (Fsp3) is 0.714. The van der Waals surface area contributed by atoms with E-state index in [9.17, 15) is 4.79 Å². The summed E-state index contributed by atoms with van der Waals surface area (Å²) in [5.41, 5.74) is 8.22. The van der Waals surface area contributed by atoms with Gasteiger partial charge in [0.25, 0.3) is 0 Å². The molecular formula is C14H26N4O. The number of aromatic nitrogens is 2. The van der Waals surface area contributed by atoms with E-state index in [1.807, 2.05) is 39.3 Å². The molecule has 3 N–H and O–H groups in total. The zero-order chi connectivity index (χ0) is 14.8. The summed E-state index contributed by atoms with van der Waals surface area (Å²) in [6, 6.07) is 0.208. The summed E-state index contributed by atoms with van der Waals surface area (Å²) in [7, 11) is 0. The van der Waals surface area contributed by atoms with Gasteiger partial charge < -0.3 is 11.1 Å². The van der Waals surface area contributed by atoms with Gasteiger partial charge in [-0.05, 0) is 53.5 Å². The maximum absolute atomic E-state index is 11.7. The van der Waals surface area contributed by atoms with E-state index < -0.39 is 5.54 Å². The predicted octanol–water partition coefficient (Wildman–Crippen LogP) is 1.44. The van der Waals surface area contributed by atoms with Crippen molar-refractivity contribution in [2.24, 2.45) is 5.73 Å². The maximum atomic E-state index is 11.7. The summed E-state index contributed by atoms with van der Waals surface area (Å²) in [6.07, 6.45) is 0.627. The van der Waals surface area contributed by atoms with E-state index in [1.54, 1.807) is 0 Å². The maximum Gasteiger partial charge on any atom is 0.237 e. The minimum Gasteiger partial charge on any atom is -0.368 e. The lowest BCUT2D eigenvalue weighted by Gasteiger charge is -2.30. The smallest absolute Gasteiger partial charge is 0.237 e. The highest BCUT2D eigenvalue weighted by molar-refractivity contribution is 5.84. The van der Waals surface area contributed by atoms with Crippen LogP contribution in [-0.4, -0.2) is 27.3 Å². The van der Waals surface area contributed by atoms with Crippen LogP contribution in [0.15, 0.2) is 0 Å². The summed E-state index contributed by atoms with van der Waals surface area (Å²) in [4.78, 5) is 11.7. The lowest BCUT2D eigenvalue weighted by atomic mass is 9.96. The van der Waals surface area contributed by atoms with E-state index in [0.29, 0.717) is 13.0 Å². The van der Waals surface area contributed by atoms with Gasteiger partial charge in [0.15, 0.2) is 0 Å². The molecule has 1 amide bonds. The van der Waals surface area contributed by atoms with Gasteiger partial charge in [-0.3, -0.25) is 9.48 Å². The van der Waals surface area contributed by atoms with Gasteiger partial charge in [-0.1, -0.05) is 0 Å². The highest BCUT2D eigenvalue weighted by Crippen LogP contribution is 2.16. The molecule has 0 bridgehead atoms. The average molecular weight is 266 g/mol. The summed E-state index contributed by atoms with van der Waals surface area (Å²) in [5.74, 6) is -0.320. The summed E-state index contributed by atoms with van der Waals surface area (Å²) < 4.78 is 1.95. The highest BCUT2D eigenvalue weighted by atomic mass is 16.1. The molecule has 0 aliphatic heterocycles. The average Bonchev–Trinajstić information content (AvgIpc) is 2.53. The van der Waals surface area contributed by atoms with Crippen molar-refractivity contribution in [3.63, 3.8) is 0 Å². The third kappa shape index (κ3) is 3.56. The first-order valence-electron chi connectivity index (χ1n) is 6.75. The molecule has 0 saturated heterocycles. The standard InChI is InChI=1S/C14H26N4O/c1-9(2)16-14(6,13(15)19)7-8-18-12(5)10(3)11(4)17-18/h9,16H,7-8H2,1-6H3,(H2,15,19). The Labute approximate surface area is 115 Å². The predicted molar refractivity (Wildman–Crippen MR) is 76.9 cm³/mol. The van der Waals surface area contributed by atoms with E-state index in [4.69, 9.17) is 5.73 Å². The molecule has 19 heavy (non-hydrogen) atoms. The molecule has 1 atom stereocenters. The molecule has 0 aromatic carbocycles. The summed E-state index contributed by atoms with van der Waals surface area (Å²) in [5, 5.41) is 7.74. The zero-order valence-corrected chi connectivity index (χ0v) is 12.9. The normalized spacial score (nSPS) is 14.7. The number of nitrogens with one attached hydrogen (secondary N) is 1. The van der Waals surface area contributed by atoms with E-state index in [2.05, 4.69) is 17.3 Å². The van der Waals surface area contributed by atoms with Crippen molar-refractivity contribution in [2.45, 2.75) is 66.1 Å². The zero-order valence-electron chi connectivity index (χ0n) is 12.9. The van der Waals surface area contributed by atoms with Crippen LogP contribution in [0.1, 0.15) is 44.1 Å². The van der Waals surface area contributed by atoms with E-state index >= 15 is 0 Å². The Morgan fingerprint density at radius 3 is 2.37 bits per heavy atom. The van der Waals surface area contributed by atoms with Crippen LogP contribution in [0.2, 0.25) is 0 Å². The molecule has 0 radical (unpaired) electrons. The van der Waals surface area contributed by atoms with Crippen molar-refractivity contribution in [1.82, 2.24) is 15.1 Å². The molecule has 1 unspecified atom stereocenters. The molecule has 0 fully saturated rings. The second-order valence-corrected chi connectivity index (χ2v) is 5.76. The summed E-state index contributed by atoms with van der Waals surface area (Å²) in [6.45, 7) is 12.7. The van der Waals surface area contributed by atoms with Crippen molar-refractivity contribution in [3.8, 4) is 0 Å². The van der Waals surface area contributed by atoms with Gasteiger partial charge in [0, 0.05) is 18.3 Å². The van der Waals surface area contributed by atoms with Crippen molar-refractivity contribution in [1.29, 1.82) is 0 Å². The Kier molecular flexibility index (Phi) is 4.74. The summed E-state index contributed by atoms with van der Waals surface area (Å²) >= 11 is 0. The number of carbonyl (C=O) groups is 1. The Bertz CT molecular complexity index is 464. The first-order chi connectivity index (χ1) is 8.67. The van der Waals surface area contributed by atoms with Crippen LogP contribution in [0.4, 0.5) is 0 Å². The van der Waals surface area contributed by atoms with Crippen LogP contribution < -0.4 is 11.1 Å². The second kappa shape index (κ2) is 5.74. The molecule has 5 nitrogen and oxygen atoms in total. The number of amides is 1. The molecule has 1 aromatic heterocycles. The molecule has 1 heterocycles. The number of primary amides is 1. The molecule has 0 spiro atoms. The van der Waals surface area contributed by atoms with Crippen LogP contribution in [0.5, 0.6) is 0 Å². The van der Waals surface area contributed by atoms with E-state index in [1.165, 1.54) is 5.56 Å². The minimum absolute atomic E-state index is 0.208. The largest absolute Gasteiger partial charge is 0.368 e. The Morgan fingerprint density at radius 1 is 1.42 bits per heavy atom. The number of hydrogen-bond donors (Lipinski definition) is 2. The van der Waals surface area contributed by atoms with E-state index in [0.717, 1.165) is 11.4 Å². The van der Waals surface area contributed by atoms with Crippen LogP contribution in [-0.2, 0) is 11.3 Å². The third-order valence-electron chi connectivity index (χ3n) is 3.72. The molecule has 0 aliphatic rings. The SMILES string of the molecule is Cc1nn(CCC(C)(NC(C)C)C(N)=O)c(C)c1C. The van der Waals surface area contributed by atoms with E-state index in [-0.39, 0.29) is 11.9 Å². The third-order valence-corrected chi connectivity index (χ3v) is 3.72. The Hall–Kier alpha value is -1.36. The topological polar surface area (TPSA) is 72.9 Å². The molecule has 5 heteroatoms. The lowest BCUT2D eigenvalue weighted by molar-refractivity contribution is -0.124. The highest BCUT2D eigenvalue weighted by Gasteiger charge is 2.31. The first-order valence-corrected chi connectivity index (χ1v) is 6.75. The molecular weight excluding hydrogens is 240 g/mol. The number of hydrogen-bond acceptors (Lipinski definition) is 3. The van der Waals surface area contributed by atoms with Crippen LogP contribution >= 0.6 is 0 Å². The molecule has 0 aliphatic carbocycles. The van der Waals surface area contributed by atoms with Crippen LogP contribution in [0.25, 0.3) is 0 Å². The quantitative estimate of drug-likeness (QED) is 0.818. The monoisotopic (exact) mass is 266 g/mol. The van der Waals surface area contributed by atoms with Gasteiger partial charge in [0.1, 0.15) is 0 Å². The van der Waals surface area contributed by atoms with Crippen LogP contribution in [0, 0.1) is 20.8 Å². The fourth-order valence-electron chi connectivity index (χ4n) is 2.24. The van der Waals surface area contributed by atoms with Crippen molar-refractivity contribution in [3.05, 3.63) is 17.0 Å². The lowest BCUT2D eigenvalue weighted by Crippen LogP contribution is -2.56. The fourth-order valence-corrected chi connectivity index (χ4v) is 2.24. The molecule has 108 valence electrons. The number of nitrogens with zero attached hydrogens (tertiary/aromatic N) is 2. The first kappa shape index (κ1) is 15.7. The number of rotatable bonds is 6. The van der Waals surface area contributed by atoms with Gasteiger partial charge in [0.05, 0.1) is 11.2 Å². The second-order valence-electron chi connectivity index (χ2n) is 5.76. The van der Waals surface area contributed by atoms with Gasteiger partial charge >= 0.3 is 0 Å². The van der Waals surface area contributed by atoms with Crippen molar-refractivity contribution >= 4 is 5.91 Å². The number of nitrogens with two attached hydrogens (primary N) is 1. The Balaban J connectivity index is 2.82.